The van der Waals surface area contributed by atoms with Crippen molar-refractivity contribution in [2.45, 2.75) is 13.1 Å². The van der Waals surface area contributed by atoms with E-state index in [0.29, 0.717) is 6.54 Å². The molecule has 1 N–H and O–H groups in total. The predicted molar refractivity (Wildman–Crippen MR) is 60.9 cm³/mol. The molecule has 0 atom stereocenters. The van der Waals surface area contributed by atoms with Gasteiger partial charge in [0.1, 0.15) is 12.2 Å². The van der Waals surface area contributed by atoms with Crippen LogP contribution in [0.1, 0.15) is 10.7 Å². The molecule has 15 heavy (non-hydrogen) atoms. The van der Waals surface area contributed by atoms with E-state index in [-0.39, 0.29) is 0 Å². The van der Waals surface area contributed by atoms with Gasteiger partial charge in [-0.2, -0.15) is 5.10 Å². The SMILES string of the molecule is Cn1ncnc1CNCc1ccc(Cl)s1. The van der Waals surface area contributed by atoms with Gasteiger partial charge in [0.2, 0.25) is 0 Å². The Morgan fingerprint density at radius 2 is 2.33 bits per heavy atom. The fraction of sp³-hybridized carbons (Fsp3) is 0.333. The monoisotopic (exact) mass is 242 g/mol. The normalized spacial score (nSPS) is 10.8. The quantitative estimate of drug-likeness (QED) is 0.890. The average Bonchev–Trinajstić information content (AvgIpc) is 2.77. The van der Waals surface area contributed by atoms with Crippen LogP contribution >= 0.6 is 22.9 Å². The maximum Gasteiger partial charge on any atom is 0.140 e. The second-order valence-electron chi connectivity index (χ2n) is 3.11. The van der Waals surface area contributed by atoms with Gasteiger partial charge in [-0.15, -0.1) is 11.3 Å². The van der Waals surface area contributed by atoms with Crippen LogP contribution in [0.5, 0.6) is 0 Å². The Labute approximate surface area is 96.9 Å². The van der Waals surface area contributed by atoms with Gasteiger partial charge < -0.3 is 5.32 Å². The number of hydrogen-bond donors (Lipinski definition) is 1. The van der Waals surface area contributed by atoms with E-state index in [9.17, 15) is 0 Å². The first-order valence-electron chi connectivity index (χ1n) is 4.53. The maximum absolute atomic E-state index is 5.83. The van der Waals surface area contributed by atoms with Crippen LogP contribution in [0.15, 0.2) is 18.5 Å². The molecule has 0 amide bonds. The lowest BCUT2D eigenvalue weighted by atomic mass is 10.4. The molecule has 2 aromatic heterocycles. The smallest absolute Gasteiger partial charge is 0.140 e. The molecule has 0 saturated carbocycles. The summed E-state index contributed by atoms with van der Waals surface area (Å²) in [5.41, 5.74) is 0. The fourth-order valence-electron chi connectivity index (χ4n) is 1.22. The summed E-state index contributed by atoms with van der Waals surface area (Å²) in [5.74, 6) is 0.928. The molecule has 0 radical (unpaired) electrons. The summed E-state index contributed by atoms with van der Waals surface area (Å²) in [4.78, 5) is 5.34. The highest BCUT2D eigenvalue weighted by Crippen LogP contribution is 2.20. The summed E-state index contributed by atoms with van der Waals surface area (Å²) in [6.45, 7) is 1.52. The van der Waals surface area contributed by atoms with Crippen LogP contribution in [-0.2, 0) is 20.1 Å². The van der Waals surface area contributed by atoms with E-state index in [1.54, 1.807) is 22.3 Å². The topological polar surface area (TPSA) is 42.7 Å². The van der Waals surface area contributed by atoms with Crippen LogP contribution in [-0.4, -0.2) is 14.8 Å². The molecule has 2 rings (SSSR count). The Bertz CT molecular complexity index is 437. The highest BCUT2D eigenvalue weighted by Gasteiger charge is 2.01. The summed E-state index contributed by atoms with van der Waals surface area (Å²) in [5, 5.41) is 7.28. The Morgan fingerprint density at radius 3 is 2.93 bits per heavy atom. The minimum Gasteiger partial charge on any atom is -0.305 e. The Balaban J connectivity index is 1.83. The van der Waals surface area contributed by atoms with Crippen molar-refractivity contribution in [3.05, 3.63) is 33.5 Å². The predicted octanol–water partition coefficient (Wildman–Crippen LogP) is 1.82. The first-order chi connectivity index (χ1) is 7.25. The third-order valence-electron chi connectivity index (χ3n) is 2.02. The van der Waals surface area contributed by atoms with Crippen LogP contribution in [0, 0.1) is 0 Å². The van der Waals surface area contributed by atoms with Crippen molar-refractivity contribution >= 4 is 22.9 Å². The Hall–Kier alpha value is -0.910. The van der Waals surface area contributed by atoms with E-state index in [1.807, 2.05) is 19.2 Å². The lowest BCUT2D eigenvalue weighted by Gasteiger charge is -2.01. The molecule has 0 bridgehead atoms. The third kappa shape index (κ3) is 2.77. The maximum atomic E-state index is 5.83. The molecule has 0 aromatic carbocycles. The van der Waals surface area contributed by atoms with Gasteiger partial charge >= 0.3 is 0 Å². The zero-order valence-corrected chi connectivity index (χ0v) is 9.85. The Morgan fingerprint density at radius 1 is 1.47 bits per heavy atom. The number of aromatic nitrogens is 3. The zero-order chi connectivity index (χ0) is 10.7. The first kappa shape index (κ1) is 10.6. The zero-order valence-electron chi connectivity index (χ0n) is 8.27. The van der Waals surface area contributed by atoms with Crippen molar-refractivity contribution < 1.29 is 0 Å². The van der Waals surface area contributed by atoms with Gasteiger partial charge in [-0.05, 0) is 12.1 Å². The van der Waals surface area contributed by atoms with Crippen molar-refractivity contribution in [2.75, 3.05) is 0 Å². The number of rotatable bonds is 4. The van der Waals surface area contributed by atoms with E-state index in [2.05, 4.69) is 15.4 Å². The minimum atomic E-state index is 0.714. The molecular formula is C9H11ClN4S. The van der Waals surface area contributed by atoms with Gasteiger partial charge in [-0.1, -0.05) is 11.6 Å². The molecule has 0 saturated heterocycles. The average molecular weight is 243 g/mol. The third-order valence-corrected chi connectivity index (χ3v) is 3.25. The van der Waals surface area contributed by atoms with Gasteiger partial charge in [0.05, 0.1) is 10.9 Å². The van der Waals surface area contributed by atoms with Crippen LogP contribution in [0.2, 0.25) is 4.34 Å². The van der Waals surface area contributed by atoms with Crippen LogP contribution < -0.4 is 5.32 Å². The van der Waals surface area contributed by atoms with Gasteiger partial charge in [0.15, 0.2) is 0 Å². The summed E-state index contributed by atoms with van der Waals surface area (Å²) in [6.07, 6.45) is 1.55. The fourth-order valence-corrected chi connectivity index (χ4v) is 2.28. The number of nitrogens with one attached hydrogen (secondary N) is 1. The first-order valence-corrected chi connectivity index (χ1v) is 5.73. The molecule has 0 unspecified atom stereocenters. The number of halogens is 1. The highest BCUT2D eigenvalue weighted by molar-refractivity contribution is 7.16. The van der Waals surface area contributed by atoms with Gasteiger partial charge in [0.25, 0.3) is 0 Å². The number of thiophene rings is 1. The van der Waals surface area contributed by atoms with E-state index in [4.69, 9.17) is 11.6 Å². The highest BCUT2D eigenvalue weighted by atomic mass is 35.5. The van der Waals surface area contributed by atoms with Crippen LogP contribution in [0.3, 0.4) is 0 Å². The standard InChI is InChI=1S/C9H11ClN4S/c1-14-9(12-6-13-14)5-11-4-7-2-3-8(10)15-7/h2-3,6,11H,4-5H2,1H3. The largest absolute Gasteiger partial charge is 0.305 e. The van der Waals surface area contributed by atoms with E-state index in [1.165, 1.54) is 4.88 Å². The lowest BCUT2D eigenvalue weighted by molar-refractivity contribution is 0.617. The van der Waals surface area contributed by atoms with Crippen LogP contribution in [0.4, 0.5) is 0 Å². The summed E-state index contributed by atoms with van der Waals surface area (Å²) in [7, 11) is 1.88. The van der Waals surface area contributed by atoms with Gasteiger partial charge in [-0.25, -0.2) is 4.98 Å². The Kier molecular flexibility index (Phi) is 3.35. The minimum absolute atomic E-state index is 0.714. The van der Waals surface area contributed by atoms with Crippen molar-refractivity contribution in [3.63, 3.8) is 0 Å². The number of hydrogen-bond acceptors (Lipinski definition) is 4. The lowest BCUT2D eigenvalue weighted by Crippen LogP contribution is -2.15. The van der Waals surface area contributed by atoms with E-state index < -0.39 is 0 Å². The molecule has 80 valence electrons. The molecular weight excluding hydrogens is 232 g/mol. The molecule has 2 aromatic rings. The molecule has 4 nitrogen and oxygen atoms in total. The number of nitrogens with zero attached hydrogens (tertiary/aromatic N) is 3. The summed E-state index contributed by atoms with van der Waals surface area (Å²) in [6, 6.07) is 3.93. The van der Waals surface area contributed by atoms with Crippen molar-refractivity contribution in [2.24, 2.45) is 7.05 Å². The second kappa shape index (κ2) is 4.74. The molecule has 6 heteroatoms. The van der Waals surface area contributed by atoms with Gasteiger partial charge in [-0.3, -0.25) is 4.68 Å². The molecule has 2 heterocycles. The summed E-state index contributed by atoms with van der Waals surface area (Å²) < 4.78 is 2.58. The molecule has 0 aliphatic rings. The second-order valence-corrected chi connectivity index (χ2v) is 4.91. The van der Waals surface area contributed by atoms with Crippen molar-refractivity contribution in [1.82, 2.24) is 20.1 Å². The van der Waals surface area contributed by atoms with E-state index >= 15 is 0 Å². The number of aryl methyl sites for hydroxylation is 1. The van der Waals surface area contributed by atoms with Crippen LogP contribution in [0.25, 0.3) is 0 Å². The molecule has 0 aliphatic heterocycles. The molecule has 0 spiro atoms. The molecule has 0 aliphatic carbocycles. The summed E-state index contributed by atoms with van der Waals surface area (Å²) >= 11 is 7.42. The van der Waals surface area contributed by atoms with Crippen molar-refractivity contribution in [3.8, 4) is 0 Å². The van der Waals surface area contributed by atoms with Gasteiger partial charge in [0, 0.05) is 18.5 Å². The van der Waals surface area contributed by atoms with E-state index in [0.717, 1.165) is 16.7 Å². The molecule has 0 fully saturated rings. The van der Waals surface area contributed by atoms with Crippen molar-refractivity contribution in [1.29, 1.82) is 0 Å².